The van der Waals surface area contributed by atoms with E-state index in [0.29, 0.717) is 18.1 Å². The van der Waals surface area contributed by atoms with Gasteiger partial charge in [0, 0.05) is 6.42 Å². The van der Waals surface area contributed by atoms with Crippen LogP contribution in [0.4, 0.5) is 4.39 Å². The van der Waals surface area contributed by atoms with Crippen LogP contribution in [0.3, 0.4) is 0 Å². The van der Waals surface area contributed by atoms with E-state index in [-0.39, 0.29) is 18.5 Å². The van der Waals surface area contributed by atoms with Crippen LogP contribution in [0.2, 0.25) is 0 Å². The van der Waals surface area contributed by atoms with Crippen molar-refractivity contribution in [2.45, 2.75) is 26.9 Å². The minimum atomic E-state index is -0.280. The third-order valence-electron chi connectivity index (χ3n) is 3.12. The van der Waals surface area contributed by atoms with Crippen molar-refractivity contribution in [1.29, 1.82) is 0 Å². The van der Waals surface area contributed by atoms with Crippen molar-refractivity contribution in [1.82, 2.24) is 15.1 Å². The number of halogens is 1. The molecular formula is C15H14FN3O3. The predicted molar refractivity (Wildman–Crippen MR) is 73.8 cm³/mol. The van der Waals surface area contributed by atoms with Crippen LogP contribution in [-0.2, 0) is 13.0 Å². The van der Waals surface area contributed by atoms with E-state index in [9.17, 15) is 4.39 Å². The van der Waals surface area contributed by atoms with Gasteiger partial charge < -0.3 is 9.15 Å². The van der Waals surface area contributed by atoms with Crippen molar-refractivity contribution in [2.75, 3.05) is 0 Å². The lowest BCUT2D eigenvalue weighted by molar-refractivity contribution is 0.175. The van der Waals surface area contributed by atoms with Crippen molar-refractivity contribution in [2.24, 2.45) is 0 Å². The fraction of sp³-hybridized carbons (Fsp3) is 0.267. The molecule has 0 radical (unpaired) electrons. The predicted octanol–water partition coefficient (Wildman–Crippen LogP) is 2.98. The minimum Gasteiger partial charge on any atom is -0.442 e. The number of hydrogen-bond donors (Lipinski definition) is 0. The molecule has 114 valence electrons. The Hall–Kier alpha value is -2.70. The summed E-state index contributed by atoms with van der Waals surface area (Å²) in [5.74, 6) is 1.38. The van der Waals surface area contributed by atoms with Crippen LogP contribution < -0.4 is 4.74 Å². The molecule has 3 aromatic rings. The summed E-state index contributed by atoms with van der Waals surface area (Å²) in [5, 5.41) is 3.81. The Morgan fingerprint density at radius 1 is 1.14 bits per heavy atom. The van der Waals surface area contributed by atoms with Crippen LogP contribution in [0.25, 0.3) is 0 Å². The average molecular weight is 303 g/mol. The number of aryl methyl sites for hydroxylation is 2. The van der Waals surface area contributed by atoms with Gasteiger partial charge in [0.2, 0.25) is 5.89 Å². The molecule has 22 heavy (non-hydrogen) atoms. The number of oxazole rings is 1. The van der Waals surface area contributed by atoms with Gasteiger partial charge in [0.1, 0.15) is 11.6 Å². The lowest BCUT2D eigenvalue weighted by Crippen LogP contribution is -1.96. The molecule has 0 bridgehead atoms. The third-order valence-corrected chi connectivity index (χ3v) is 3.12. The topological polar surface area (TPSA) is 74.2 Å². The van der Waals surface area contributed by atoms with Gasteiger partial charge in [-0.25, -0.2) is 9.37 Å². The van der Waals surface area contributed by atoms with E-state index in [1.165, 1.54) is 12.1 Å². The summed E-state index contributed by atoms with van der Waals surface area (Å²) < 4.78 is 28.6. The van der Waals surface area contributed by atoms with E-state index in [0.717, 1.165) is 17.0 Å². The maximum atomic E-state index is 12.8. The number of rotatable bonds is 5. The molecule has 0 aliphatic rings. The van der Waals surface area contributed by atoms with Gasteiger partial charge in [0.15, 0.2) is 12.4 Å². The van der Waals surface area contributed by atoms with E-state index >= 15 is 0 Å². The summed E-state index contributed by atoms with van der Waals surface area (Å²) in [7, 11) is 0. The number of ether oxygens (including phenoxy) is 1. The fourth-order valence-corrected chi connectivity index (χ4v) is 1.88. The molecular weight excluding hydrogens is 289 g/mol. The summed E-state index contributed by atoms with van der Waals surface area (Å²) in [4.78, 5) is 8.30. The van der Waals surface area contributed by atoms with Gasteiger partial charge in [-0.1, -0.05) is 17.3 Å². The molecule has 0 fully saturated rings. The smallest absolute Gasteiger partial charge is 0.417 e. The standard InChI is InChI=1S/C15H14FN3O3/c1-9-10(2)21-14(17-9)8-20-15-18-13(19-22-15)7-11-3-5-12(16)6-4-11/h3-6H,7-8H2,1-2H3. The first-order chi connectivity index (χ1) is 10.6. The number of benzene rings is 1. The monoisotopic (exact) mass is 303 g/mol. The van der Waals surface area contributed by atoms with Crippen molar-refractivity contribution in [3.8, 4) is 6.08 Å². The molecule has 0 aliphatic carbocycles. The molecule has 0 unspecified atom stereocenters. The Bertz CT molecular complexity index is 745. The van der Waals surface area contributed by atoms with Crippen LogP contribution in [0.1, 0.15) is 28.7 Å². The Kier molecular flexibility index (Phi) is 3.86. The molecule has 0 amide bonds. The SMILES string of the molecule is Cc1nc(COc2nc(Cc3ccc(F)cc3)no2)oc1C. The van der Waals surface area contributed by atoms with Gasteiger partial charge in [-0.3, -0.25) is 4.52 Å². The van der Waals surface area contributed by atoms with Gasteiger partial charge >= 0.3 is 6.08 Å². The van der Waals surface area contributed by atoms with Gasteiger partial charge in [-0.05, 0) is 31.5 Å². The first-order valence-electron chi connectivity index (χ1n) is 6.73. The summed E-state index contributed by atoms with van der Waals surface area (Å²) in [6.45, 7) is 3.81. The van der Waals surface area contributed by atoms with E-state index in [4.69, 9.17) is 13.7 Å². The molecule has 0 spiro atoms. The van der Waals surface area contributed by atoms with Crippen molar-refractivity contribution >= 4 is 0 Å². The van der Waals surface area contributed by atoms with Crippen molar-refractivity contribution in [3.63, 3.8) is 0 Å². The van der Waals surface area contributed by atoms with Crippen molar-refractivity contribution in [3.05, 3.63) is 58.8 Å². The molecule has 0 saturated carbocycles. The quantitative estimate of drug-likeness (QED) is 0.721. The summed E-state index contributed by atoms with van der Waals surface area (Å²) in [6.07, 6.45) is 0.482. The Labute approximate surface area is 125 Å². The highest BCUT2D eigenvalue weighted by atomic mass is 19.1. The van der Waals surface area contributed by atoms with Crippen LogP contribution in [0.5, 0.6) is 6.08 Å². The molecule has 0 N–H and O–H groups in total. The Morgan fingerprint density at radius 2 is 1.91 bits per heavy atom. The second-order valence-electron chi connectivity index (χ2n) is 4.82. The normalized spacial score (nSPS) is 10.9. The van der Waals surface area contributed by atoms with Gasteiger partial charge in [-0.15, -0.1) is 0 Å². The lowest BCUT2D eigenvalue weighted by atomic mass is 10.1. The van der Waals surface area contributed by atoms with E-state index in [1.54, 1.807) is 12.1 Å². The minimum absolute atomic E-state index is 0.0469. The number of aromatic nitrogens is 3. The van der Waals surface area contributed by atoms with Crippen LogP contribution in [0, 0.1) is 19.7 Å². The first kappa shape index (κ1) is 14.2. The molecule has 1 aromatic carbocycles. The lowest BCUT2D eigenvalue weighted by Gasteiger charge is -1.96. The van der Waals surface area contributed by atoms with E-state index in [2.05, 4.69) is 15.1 Å². The number of hydrogen-bond acceptors (Lipinski definition) is 6. The van der Waals surface area contributed by atoms with Crippen LogP contribution in [0.15, 0.2) is 33.2 Å². The summed E-state index contributed by atoms with van der Waals surface area (Å²) in [6, 6.07) is 6.12. The molecule has 2 heterocycles. The summed E-state index contributed by atoms with van der Waals surface area (Å²) >= 11 is 0. The van der Waals surface area contributed by atoms with Gasteiger partial charge in [0.05, 0.1) is 5.69 Å². The fourth-order valence-electron chi connectivity index (χ4n) is 1.88. The molecule has 3 rings (SSSR count). The molecule has 0 atom stereocenters. The van der Waals surface area contributed by atoms with Crippen LogP contribution >= 0.6 is 0 Å². The molecule has 7 heteroatoms. The van der Waals surface area contributed by atoms with Crippen LogP contribution in [-0.4, -0.2) is 15.1 Å². The van der Waals surface area contributed by atoms with Gasteiger partial charge in [0.25, 0.3) is 0 Å². The zero-order chi connectivity index (χ0) is 15.5. The zero-order valence-electron chi connectivity index (χ0n) is 12.2. The molecule has 6 nitrogen and oxygen atoms in total. The number of nitrogens with zero attached hydrogens (tertiary/aromatic N) is 3. The highest BCUT2D eigenvalue weighted by Gasteiger charge is 2.11. The second kappa shape index (κ2) is 5.97. The largest absolute Gasteiger partial charge is 0.442 e. The third kappa shape index (κ3) is 3.30. The molecule has 2 aromatic heterocycles. The van der Waals surface area contributed by atoms with Crippen molar-refractivity contribution < 1.29 is 18.1 Å². The van der Waals surface area contributed by atoms with Gasteiger partial charge in [-0.2, -0.15) is 4.98 Å². The highest BCUT2D eigenvalue weighted by molar-refractivity contribution is 5.19. The second-order valence-corrected chi connectivity index (χ2v) is 4.82. The maximum absolute atomic E-state index is 12.8. The molecule has 0 aliphatic heterocycles. The molecule has 0 saturated heterocycles. The van der Waals surface area contributed by atoms with E-state index in [1.807, 2.05) is 13.8 Å². The van der Waals surface area contributed by atoms with E-state index < -0.39 is 0 Å². The summed E-state index contributed by atoms with van der Waals surface area (Å²) in [5.41, 5.74) is 1.70. The average Bonchev–Trinajstić information content (AvgIpc) is 3.07. The highest BCUT2D eigenvalue weighted by Crippen LogP contribution is 2.14. The maximum Gasteiger partial charge on any atom is 0.417 e. The zero-order valence-corrected chi connectivity index (χ0v) is 12.2. The Balaban J connectivity index is 1.60. The first-order valence-corrected chi connectivity index (χ1v) is 6.73. The Morgan fingerprint density at radius 3 is 2.59 bits per heavy atom.